The zero-order valence-corrected chi connectivity index (χ0v) is 9.32. The molecule has 0 saturated heterocycles. The lowest BCUT2D eigenvalue weighted by Crippen LogP contribution is -2.21. The summed E-state index contributed by atoms with van der Waals surface area (Å²) in [7, 11) is 0. The number of rotatable bonds is 1. The molecular formula is C11H9ClN2O2. The summed E-state index contributed by atoms with van der Waals surface area (Å²) < 4.78 is 1.38. The summed E-state index contributed by atoms with van der Waals surface area (Å²) in [5, 5.41) is 9.26. The van der Waals surface area contributed by atoms with E-state index in [1.165, 1.54) is 4.40 Å². The van der Waals surface area contributed by atoms with Gasteiger partial charge in [-0.05, 0) is 19.1 Å². The highest BCUT2D eigenvalue weighted by molar-refractivity contribution is 6.31. The number of aliphatic hydroxyl groups is 1. The maximum atomic E-state index is 12.0. The van der Waals surface area contributed by atoms with Crippen molar-refractivity contribution in [1.82, 2.24) is 9.38 Å². The van der Waals surface area contributed by atoms with Gasteiger partial charge in [0.15, 0.2) is 0 Å². The van der Waals surface area contributed by atoms with E-state index in [1.807, 2.05) is 0 Å². The van der Waals surface area contributed by atoms with Crippen molar-refractivity contribution in [1.29, 1.82) is 0 Å². The predicted molar refractivity (Wildman–Crippen MR) is 62.9 cm³/mol. The Morgan fingerprint density at radius 2 is 2.25 bits per heavy atom. The van der Waals surface area contributed by atoms with Crippen molar-refractivity contribution in [2.75, 3.05) is 0 Å². The molecule has 0 bridgehead atoms. The van der Waals surface area contributed by atoms with Gasteiger partial charge in [0.2, 0.25) is 0 Å². The third-order valence-corrected chi connectivity index (χ3v) is 2.56. The van der Waals surface area contributed by atoms with Crippen molar-refractivity contribution < 1.29 is 5.11 Å². The van der Waals surface area contributed by atoms with Crippen LogP contribution in [0.1, 0.15) is 11.3 Å². The molecule has 0 amide bonds. The average Bonchev–Trinajstić information content (AvgIpc) is 2.15. The molecule has 0 aromatic carbocycles. The van der Waals surface area contributed by atoms with Crippen LogP contribution in [0.4, 0.5) is 0 Å². The van der Waals surface area contributed by atoms with Crippen LogP contribution >= 0.6 is 11.6 Å². The highest BCUT2D eigenvalue weighted by atomic mass is 35.5. The Morgan fingerprint density at radius 3 is 2.88 bits per heavy atom. The van der Waals surface area contributed by atoms with E-state index in [1.54, 1.807) is 25.1 Å². The van der Waals surface area contributed by atoms with Crippen LogP contribution in [0.2, 0.25) is 5.15 Å². The Balaban J connectivity index is 3.03. The summed E-state index contributed by atoms with van der Waals surface area (Å²) in [6, 6.07) is 5.22. The molecule has 5 heteroatoms. The van der Waals surface area contributed by atoms with Crippen molar-refractivity contribution in [3.63, 3.8) is 0 Å². The van der Waals surface area contributed by atoms with E-state index in [4.69, 9.17) is 11.6 Å². The summed E-state index contributed by atoms with van der Waals surface area (Å²) in [6.07, 6.45) is 0. The van der Waals surface area contributed by atoms with Gasteiger partial charge in [0.25, 0.3) is 5.56 Å². The van der Waals surface area contributed by atoms with E-state index in [0.717, 1.165) is 0 Å². The van der Waals surface area contributed by atoms with E-state index < -0.39 is 5.56 Å². The van der Waals surface area contributed by atoms with Gasteiger partial charge in [-0.15, -0.1) is 0 Å². The average molecular weight is 237 g/mol. The topological polar surface area (TPSA) is 54.6 Å². The molecule has 0 aliphatic carbocycles. The molecule has 2 aromatic rings. The maximum Gasteiger partial charge on any atom is 0.270 e. The van der Waals surface area contributed by atoms with Crippen LogP contribution in [0.5, 0.6) is 0 Å². The normalized spacial score (nSPS) is 10.6. The van der Waals surface area contributed by atoms with Gasteiger partial charge in [0, 0.05) is 5.69 Å². The molecule has 0 radical (unpaired) electrons. The number of hydrogen-bond donors (Lipinski definition) is 1. The van der Waals surface area contributed by atoms with Crippen LogP contribution in [0.3, 0.4) is 0 Å². The Hall–Kier alpha value is -1.81. The van der Waals surface area contributed by atoms with Gasteiger partial charge in [-0.3, -0.25) is 9.20 Å². The van der Waals surface area contributed by atoms with E-state index >= 15 is 0 Å². The van der Waals surface area contributed by atoms with Crippen molar-refractivity contribution in [2.45, 2.75) is 6.92 Å². The van der Waals surface area contributed by atoms with Crippen LogP contribution in [0.15, 0.2) is 29.6 Å². The van der Waals surface area contributed by atoms with E-state index in [2.05, 4.69) is 11.6 Å². The van der Waals surface area contributed by atoms with E-state index in [0.29, 0.717) is 11.3 Å². The minimum Gasteiger partial charge on any atom is -0.508 e. The molecule has 0 saturated carbocycles. The maximum absolute atomic E-state index is 12.0. The fourth-order valence-corrected chi connectivity index (χ4v) is 1.83. The third-order valence-electron chi connectivity index (χ3n) is 2.29. The Bertz CT molecular complexity index is 646. The van der Waals surface area contributed by atoms with Gasteiger partial charge in [-0.2, -0.15) is 0 Å². The molecule has 1 N–H and O–H groups in total. The predicted octanol–water partition coefficient (Wildman–Crippen LogP) is 2.19. The molecule has 16 heavy (non-hydrogen) atoms. The smallest absolute Gasteiger partial charge is 0.270 e. The lowest BCUT2D eigenvalue weighted by molar-refractivity contribution is 0.512. The second kappa shape index (κ2) is 3.64. The van der Waals surface area contributed by atoms with Gasteiger partial charge in [0.05, 0.1) is 0 Å². The van der Waals surface area contributed by atoms with Crippen LogP contribution in [-0.4, -0.2) is 14.5 Å². The lowest BCUT2D eigenvalue weighted by atomic mass is 10.2. The quantitative estimate of drug-likeness (QED) is 0.610. The second-order valence-electron chi connectivity index (χ2n) is 3.39. The van der Waals surface area contributed by atoms with Gasteiger partial charge < -0.3 is 5.11 Å². The Kier molecular flexibility index (Phi) is 2.44. The number of fused-ring (bicyclic) bond motifs is 1. The number of aliphatic hydroxyl groups excluding tert-OH is 1. The molecule has 0 unspecified atom stereocenters. The largest absolute Gasteiger partial charge is 0.508 e. The summed E-state index contributed by atoms with van der Waals surface area (Å²) in [6.45, 7) is 5.07. The molecule has 0 fully saturated rings. The highest BCUT2D eigenvalue weighted by Gasteiger charge is 2.14. The second-order valence-corrected chi connectivity index (χ2v) is 3.75. The Morgan fingerprint density at radius 1 is 1.56 bits per heavy atom. The zero-order chi connectivity index (χ0) is 11.9. The SMILES string of the molecule is C=C(O)c1c(Cl)nc2cccc(C)n2c1=O. The number of pyridine rings is 1. The molecular weight excluding hydrogens is 228 g/mol. The van der Waals surface area contributed by atoms with Gasteiger partial charge in [-0.1, -0.05) is 24.2 Å². The highest BCUT2D eigenvalue weighted by Crippen LogP contribution is 2.16. The number of aromatic nitrogens is 2. The third kappa shape index (κ3) is 1.47. The Labute approximate surface area is 96.4 Å². The number of aryl methyl sites for hydroxylation is 1. The first-order chi connectivity index (χ1) is 7.52. The lowest BCUT2D eigenvalue weighted by Gasteiger charge is -2.07. The molecule has 0 spiro atoms. The monoisotopic (exact) mass is 236 g/mol. The van der Waals surface area contributed by atoms with Crippen molar-refractivity contribution in [3.8, 4) is 0 Å². The van der Waals surface area contributed by atoms with Gasteiger partial charge in [-0.25, -0.2) is 4.98 Å². The summed E-state index contributed by atoms with van der Waals surface area (Å²) in [5.74, 6) is -0.375. The molecule has 82 valence electrons. The molecule has 2 rings (SSSR count). The van der Waals surface area contributed by atoms with Crippen LogP contribution in [0, 0.1) is 6.92 Å². The minimum absolute atomic E-state index is 0.0388. The molecule has 2 aromatic heterocycles. The summed E-state index contributed by atoms with van der Waals surface area (Å²) in [5.41, 5.74) is 0.684. The summed E-state index contributed by atoms with van der Waals surface area (Å²) >= 11 is 5.81. The van der Waals surface area contributed by atoms with Crippen molar-refractivity contribution in [2.24, 2.45) is 0 Å². The van der Waals surface area contributed by atoms with Crippen LogP contribution < -0.4 is 5.56 Å². The van der Waals surface area contributed by atoms with E-state index in [9.17, 15) is 9.90 Å². The van der Waals surface area contributed by atoms with Crippen LogP contribution in [0.25, 0.3) is 11.4 Å². The van der Waals surface area contributed by atoms with Gasteiger partial charge in [0.1, 0.15) is 22.1 Å². The number of hydrogen-bond acceptors (Lipinski definition) is 3. The van der Waals surface area contributed by atoms with Crippen molar-refractivity contribution in [3.05, 3.63) is 51.5 Å². The zero-order valence-electron chi connectivity index (χ0n) is 8.57. The standard InChI is InChI=1S/C11H9ClN2O2/c1-6-4-3-5-8-13-10(12)9(7(2)15)11(16)14(6)8/h3-5,15H,2H2,1H3. The first-order valence-corrected chi connectivity index (χ1v) is 4.96. The molecule has 0 atom stereocenters. The van der Waals surface area contributed by atoms with Crippen LogP contribution in [-0.2, 0) is 0 Å². The minimum atomic E-state index is -0.416. The molecule has 0 aliphatic rings. The van der Waals surface area contributed by atoms with Crippen molar-refractivity contribution >= 4 is 23.0 Å². The molecule has 4 nitrogen and oxygen atoms in total. The van der Waals surface area contributed by atoms with Gasteiger partial charge >= 0.3 is 0 Å². The van der Waals surface area contributed by atoms with E-state index in [-0.39, 0.29) is 16.5 Å². The first-order valence-electron chi connectivity index (χ1n) is 4.58. The number of nitrogens with zero attached hydrogens (tertiary/aromatic N) is 2. The fraction of sp³-hybridized carbons (Fsp3) is 0.0909. The summed E-state index contributed by atoms with van der Waals surface area (Å²) in [4.78, 5) is 16.1. The first kappa shape index (κ1) is 10.7. The molecule has 2 heterocycles. The molecule has 0 aliphatic heterocycles. The number of halogens is 1. The fourth-order valence-electron chi connectivity index (χ4n) is 1.55.